The van der Waals surface area contributed by atoms with Crippen molar-refractivity contribution in [1.82, 2.24) is 29.9 Å². The Morgan fingerprint density at radius 3 is 2.50 bits per heavy atom. The third-order valence-electron chi connectivity index (χ3n) is 5.30. The monoisotopic (exact) mass is 356 g/mol. The second-order valence-corrected chi connectivity index (χ2v) is 7.22. The minimum Gasteiger partial charge on any atom is -0.356 e. The van der Waals surface area contributed by atoms with Gasteiger partial charge in [0.2, 0.25) is 5.95 Å². The van der Waals surface area contributed by atoms with E-state index in [1.54, 1.807) is 4.68 Å². The molecular formula is C18H28N8. The van der Waals surface area contributed by atoms with Crippen molar-refractivity contribution in [2.45, 2.75) is 25.7 Å². The lowest BCUT2D eigenvalue weighted by Crippen LogP contribution is -2.47. The lowest BCUT2D eigenvalue weighted by molar-refractivity contribution is 0.259. The van der Waals surface area contributed by atoms with Crippen LogP contribution < -0.4 is 9.80 Å². The third-order valence-corrected chi connectivity index (χ3v) is 5.30. The highest BCUT2D eigenvalue weighted by atomic mass is 15.4. The summed E-state index contributed by atoms with van der Waals surface area (Å²) in [5.74, 6) is 1.96. The van der Waals surface area contributed by atoms with Crippen LogP contribution in [-0.2, 0) is 13.5 Å². The zero-order valence-corrected chi connectivity index (χ0v) is 15.6. The van der Waals surface area contributed by atoms with Crippen molar-refractivity contribution < 1.29 is 0 Å². The molecular weight excluding hydrogens is 328 g/mol. The maximum Gasteiger partial charge on any atom is 0.227 e. The molecule has 8 heteroatoms. The Hall–Kier alpha value is -2.22. The molecule has 2 aliphatic heterocycles. The van der Waals surface area contributed by atoms with Crippen molar-refractivity contribution >= 4 is 11.8 Å². The van der Waals surface area contributed by atoms with Crippen molar-refractivity contribution in [1.29, 1.82) is 0 Å². The van der Waals surface area contributed by atoms with Gasteiger partial charge in [0.25, 0.3) is 0 Å². The lowest BCUT2D eigenvalue weighted by Gasteiger charge is -2.35. The quantitative estimate of drug-likeness (QED) is 0.790. The number of piperazine rings is 1. The summed E-state index contributed by atoms with van der Waals surface area (Å²) < 4.78 is 1.76. The summed E-state index contributed by atoms with van der Waals surface area (Å²) in [4.78, 5) is 16.6. The maximum absolute atomic E-state index is 4.84. The number of hydrogen-bond acceptors (Lipinski definition) is 7. The molecule has 26 heavy (non-hydrogen) atoms. The third kappa shape index (κ3) is 4.12. The van der Waals surface area contributed by atoms with E-state index in [1.807, 2.05) is 25.5 Å². The van der Waals surface area contributed by atoms with Crippen molar-refractivity contribution in [2.75, 3.05) is 55.6 Å². The molecule has 2 fully saturated rings. The number of aromatic nitrogens is 5. The topological polar surface area (TPSA) is 66.2 Å². The van der Waals surface area contributed by atoms with Crippen LogP contribution >= 0.6 is 0 Å². The van der Waals surface area contributed by atoms with Gasteiger partial charge in [-0.25, -0.2) is 4.98 Å². The number of hydrogen-bond donors (Lipinski definition) is 0. The molecule has 8 nitrogen and oxygen atoms in total. The average molecular weight is 356 g/mol. The highest BCUT2D eigenvalue weighted by Crippen LogP contribution is 2.20. The van der Waals surface area contributed by atoms with Crippen molar-refractivity contribution in [3.8, 4) is 0 Å². The van der Waals surface area contributed by atoms with Crippen molar-refractivity contribution in [3.63, 3.8) is 0 Å². The van der Waals surface area contributed by atoms with Crippen molar-refractivity contribution in [3.05, 3.63) is 24.2 Å². The molecule has 0 atom stereocenters. The Kier molecular flexibility index (Phi) is 5.29. The molecule has 140 valence electrons. The number of anilines is 2. The molecule has 0 aromatic carbocycles. The summed E-state index contributed by atoms with van der Waals surface area (Å²) in [5.41, 5.74) is 1.06. The van der Waals surface area contributed by atoms with E-state index in [9.17, 15) is 0 Å². The van der Waals surface area contributed by atoms with Crippen LogP contribution in [0.25, 0.3) is 0 Å². The smallest absolute Gasteiger partial charge is 0.227 e. The molecule has 2 saturated heterocycles. The van der Waals surface area contributed by atoms with E-state index in [1.165, 1.54) is 19.3 Å². The zero-order chi connectivity index (χ0) is 17.8. The second-order valence-electron chi connectivity index (χ2n) is 7.22. The van der Waals surface area contributed by atoms with Crippen LogP contribution in [0.5, 0.6) is 0 Å². The van der Waals surface area contributed by atoms with Gasteiger partial charge in [0.05, 0.1) is 5.69 Å². The molecule has 0 spiro atoms. The van der Waals surface area contributed by atoms with Gasteiger partial charge in [0.1, 0.15) is 5.82 Å². The normalized spacial score (nSPS) is 19.1. The van der Waals surface area contributed by atoms with E-state index in [4.69, 9.17) is 4.98 Å². The Morgan fingerprint density at radius 2 is 1.77 bits per heavy atom. The molecule has 0 bridgehead atoms. The molecule has 4 heterocycles. The maximum atomic E-state index is 4.84. The standard InChI is InChI=1S/C18H28N8/c1-23-15-16(21-22-23)6-10-24-11-13-26(14-12-24)18-19-7-5-17(20-18)25-8-3-2-4-9-25/h5,7,15H,2-4,6,8-14H2,1H3. The summed E-state index contributed by atoms with van der Waals surface area (Å²) in [5, 5.41) is 8.17. The SMILES string of the molecule is Cn1cc(CCN2CCN(c3nccc(N4CCCCC4)n3)CC2)nn1. The second kappa shape index (κ2) is 7.99. The molecule has 0 saturated carbocycles. The Bertz CT molecular complexity index is 701. The molecule has 0 amide bonds. The number of aryl methyl sites for hydroxylation is 1. The molecule has 0 unspecified atom stereocenters. The lowest BCUT2D eigenvalue weighted by atomic mass is 10.1. The summed E-state index contributed by atoms with van der Waals surface area (Å²) in [7, 11) is 1.91. The van der Waals surface area contributed by atoms with Crippen LogP contribution in [0.3, 0.4) is 0 Å². The van der Waals surface area contributed by atoms with Crippen LogP contribution in [0, 0.1) is 0 Å². The van der Waals surface area contributed by atoms with Gasteiger partial charge >= 0.3 is 0 Å². The first kappa shape index (κ1) is 17.2. The van der Waals surface area contributed by atoms with Crippen LogP contribution in [0.4, 0.5) is 11.8 Å². The highest BCUT2D eigenvalue weighted by molar-refractivity contribution is 5.44. The van der Waals surface area contributed by atoms with Gasteiger partial charge in [-0.3, -0.25) is 9.58 Å². The van der Waals surface area contributed by atoms with Crippen molar-refractivity contribution in [2.24, 2.45) is 7.05 Å². The molecule has 0 radical (unpaired) electrons. The molecule has 0 N–H and O–H groups in total. The largest absolute Gasteiger partial charge is 0.356 e. The van der Waals surface area contributed by atoms with E-state index in [0.29, 0.717) is 0 Å². The summed E-state index contributed by atoms with van der Waals surface area (Å²) in [6.45, 7) is 7.30. The minimum absolute atomic E-state index is 0.877. The number of nitrogens with zero attached hydrogens (tertiary/aromatic N) is 8. The predicted molar refractivity (Wildman–Crippen MR) is 101 cm³/mol. The average Bonchev–Trinajstić information content (AvgIpc) is 3.13. The fraction of sp³-hybridized carbons (Fsp3) is 0.667. The Balaban J connectivity index is 1.30. The van der Waals surface area contributed by atoms with E-state index < -0.39 is 0 Å². The molecule has 4 rings (SSSR count). The first-order valence-corrected chi connectivity index (χ1v) is 9.68. The number of piperidine rings is 1. The molecule has 2 aliphatic rings. The summed E-state index contributed by atoms with van der Waals surface area (Å²) in [6, 6.07) is 2.05. The van der Waals surface area contributed by atoms with Gasteiger partial charge < -0.3 is 9.80 Å². The highest BCUT2D eigenvalue weighted by Gasteiger charge is 2.20. The van der Waals surface area contributed by atoms with E-state index in [0.717, 1.165) is 69.7 Å². The minimum atomic E-state index is 0.877. The summed E-state index contributed by atoms with van der Waals surface area (Å²) >= 11 is 0. The first-order chi connectivity index (χ1) is 12.8. The molecule has 2 aromatic rings. The van der Waals surface area contributed by atoms with E-state index in [2.05, 4.69) is 30.0 Å². The van der Waals surface area contributed by atoms with Crippen LogP contribution in [0.2, 0.25) is 0 Å². The Morgan fingerprint density at radius 1 is 0.962 bits per heavy atom. The van der Waals surface area contributed by atoms with Gasteiger partial charge in [-0.2, -0.15) is 4.98 Å². The van der Waals surface area contributed by atoms with Gasteiger partial charge in [0, 0.05) is 71.7 Å². The zero-order valence-electron chi connectivity index (χ0n) is 15.6. The molecule has 0 aliphatic carbocycles. The van der Waals surface area contributed by atoms with Gasteiger partial charge in [-0.1, -0.05) is 5.21 Å². The van der Waals surface area contributed by atoms with Crippen LogP contribution in [0.15, 0.2) is 18.5 Å². The summed E-state index contributed by atoms with van der Waals surface area (Å²) in [6.07, 6.45) is 8.73. The fourth-order valence-corrected chi connectivity index (χ4v) is 3.74. The van der Waals surface area contributed by atoms with E-state index >= 15 is 0 Å². The van der Waals surface area contributed by atoms with Crippen LogP contribution in [0.1, 0.15) is 25.0 Å². The molecule has 2 aromatic heterocycles. The van der Waals surface area contributed by atoms with Gasteiger partial charge in [0.15, 0.2) is 0 Å². The van der Waals surface area contributed by atoms with Crippen LogP contribution in [-0.4, -0.2) is 75.7 Å². The van der Waals surface area contributed by atoms with E-state index in [-0.39, 0.29) is 0 Å². The fourth-order valence-electron chi connectivity index (χ4n) is 3.74. The first-order valence-electron chi connectivity index (χ1n) is 9.68. The predicted octanol–water partition coefficient (Wildman–Crippen LogP) is 0.960. The Labute approximate surface area is 154 Å². The van der Waals surface area contributed by atoms with Gasteiger partial charge in [-0.05, 0) is 25.3 Å². The van der Waals surface area contributed by atoms with Gasteiger partial charge in [-0.15, -0.1) is 5.10 Å². The number of rotatable bonds is 5.